The fraction of sp³-hybridized carbons (Fsp3) is 0.432. The van der Waals surface area contributed by atoms with E-state index in [-0.39, 0.29) is 56.3 Å². The van der Waals surface area contributed by atoms with Gasteiger partial charge in [0.2, 0.25) is 17.7 Å². The predicted octanol–water partition coefficient (Wildman–Crippen LogP) is 3.86. The van der Waals surface area contributed by atoms with Gasteiger partial charge in [0.1, 0.15) is 29.8 Å². The first-order chi connectivity index (χ1) is 23.7. The third-order valence-electron chi connectivity index (χ3n) is 8.86. The molecule has 0 saturated carbocycles. The highest BCUT2D eigenvalue weighted by atomic mass is 19.1. The number of fused-ring (bicyclic) bond motifs is 3. The van der Waals surface area contributed by atoms with Gasteiger partial charge in [0.05, 0.1) is 24.2 Å². The molecule has 0 bridgehead atoms. The molecule has 3 atom stereocenters. The number of hydrogen-bond acceptors (Lipinski definition) is 7. The van der Waals surface area contributed by atoms with Gasteiger partial charge >= 0.3 is 6.09 Å². The van der Waals surface area contributed by atoms with Crippen LogP contribution >= 0.6 is 0 Å². The average molecular weight is 690 g/mol. The SMILES string of the molecule is CN1CC(=O)N2C[C@H](NC(=O)OC(C)(C)C)C[C@H]2COc2ccc(F)cc2C(=O)N(C)[C@@H](C(=O)NCc2ccc3ccccc3c2)CCC1=O. The van der Waals surface area contributed by atoms with Crippen molar-refractivity contribution in [1.29, 1.82) is 0 Å². The largest absolute Gasteiger partial charge is 0.491 e. The Morgan fingerprint density at radius 3 is 2.46 bits per heavy atom. The molecule has 266 valence electrons. The molecule has 2 aliphatic rings. The highest BCUT2D eigenvalue weighted by Crippen LogP contribution is 2.27. The van der Waals surface area contributed by atoms with Gasteiger partial charge in [0.15, 0.2) is 0 Å². The van der Waals surface area contributed by atoms with E-state index >= 15 is 0 Å². The number of ether oxygens (including phenoxy) is 2. The van der Waals surface area contributed by atoms with E-state index in [1.807, 2.05) is 42.5 Å². The molecule has 2 N–H and O–H groups in total. The van der Waals surface area contributed by atoms with Crippen LogP contribution in [0.1, 0.15) is 56.0 Å². The quantitative estimate of drug-likeness (QED) is 0.425. The summed E-state index contributed by atoms with van der Waals surface area (Å²) in [6.45, 7) is 5.23. The summed E-state index contributed by atoms with van der Waals surface area (Å²) >= 11 is 0. The second-order valence-corrected chi connectivity index (χ2v) is 13.8. The Morgan fingerprint density at radius 2 is 1.72 bits per heavy atom. The van der Waals surface area contributed by atoms with Crippen LogP contribution in [0, 0.1) is 5.82 Å². The van der Waals surface area contributed by atoms with Gasteiger partial charge in [-0.3, -0.25) is 19.2 Å². The second-order valence-electron chi connectivity index (χ2n) is 13.8. The van der Waals surface area contributed by atoms with Gasteiger partial charge in [-0.25, -0.2) is 9.18 Å². The summed E-state index contributed by atoms with van der Waals surface area (Å²) in [6.07, 6.45) is -0.514. The fourth-order valence-electron chi connectivity index (χ4n) is 6.26. The van der Waals surface area contributed by atoms with E-state index in [9.17, 15) is 28.4 Å². The highest BCUT2D eigenvalue weighted by molar-refractivity contribution is 5.99. The molecular weight excluding hydrogens is 645 g/mol. The van der Waals surface area contributed by atoms with Gasteiger partial charge < -0.3 is 34.8 Å². The number of carbonyl (C=O) groups excluding carboxylic acids is 5. The maximum atomic E-state index is 14.6. The first-order valence-corrected chi connectivity index (χ1v) is 16.7. The van der Waals surface area contributed by atoms with Gasteiger partial charge in [0, 0.05) is 33.6 Å². The molecule has 0 spiro atoms. The van der Waals surface area contributed by atoms with Crippen LogP contribution in [0.15, 0.2) is 60.7 Å². The van der Waals surface area contributed by atoms with Crippen LogP contribution in [-0.2, 0) is 25.7 Å². The van der Waals surface area contributed by atoms with E-state index in [4.69, 9.17) is 9.47 Å². The minimum absolute atomic E-state index is 0.0527. The molecule has 0 aromatic heterocycles. The molecule has 13 heteroatoms. The molecule has 2 heterocycles. The third kappa shape index (κ3) is 8.87. The van der Waals surface area contributed by atoms with Crippen molar-refractivity contribution in [3.8, 4) is 5.75 Å². The van der Waals surface area contributed by atoms with Crippen molar-refractivity contribution in [2.24, 2.45) is 0 Å². The number of nitrogens with zero attached hydrogens (tertiary/aromatic N) is 3. The normalized spacial score (nSPS) is 20.7. The van der Waals surface area contributed by atoms with Crippen LogP contribution in [0.2, 0.25) is 0 Å². The number of benzene rings is 3. The van der Waals surface area contributed by atoms with Gasteiger partial charge in [-0.05, 0) is 74.2 Å². The molecular formula is C37H44FN5O7. The molecule has 1 saturated heterocycles. The Kier molecular flexibility index (Phi) is 10.9. The minimum Gasteiger partial charge on any atom is -0.491 e. The van der Waals surface area contributed by atoms with E-state index in [0.717, 1.165) is 28.5 Å². The topological polar surface area (TPSA) is 138 Å². The van der Waals surface area contributed by atoms with Crippen LogP contribution in [0.5, 0.6) is 5.75 Å². The number of likely N-dealkylation sites (N-methyl/N-ethyl adjacent to an activating group) is 2. The molecule has 3 aromatic carbocycles. The minimum atomic E-state index is -1.10. The lowest BCUT2D eigenvalue weighted by atomic mass is 10.0. The van der Waals surface area contributed by atoms with Crippen LogP contribution in [0.4, 0.5) is 9.18 Å². The fourth-order valence-corrected chi connectivity index (χ4v) is 6.26. The molecule has 5 rings (SSSR count). The molecule has 0 aliphatic carbocycles. The molecule has 3 aromatic rings. The Balaban J connectivity index is 1.38. The van der Waals surface area contributed by atoms with Crippen molar-refractivity contribution < 1.29 is 37.8 Å². The van der Waals surface area contributed by atoms with E-state index in [0.29, 0.717) is 6.42 Å². The Bertz CT molecular complexity index is 1780. The average Bonchev–Trinajstić information content (AvgIpc) is 3.47. The van der Waals surface area contributed by atoms with Crippen molar-refractivity contribution in [2.75, 3.05) is 33.8 Å². The van der Waals surface area contributed by atoms with Gasteiger partial charge in [-0.15, -0.1) is 0 Å². The molecule has 0 radical (unpaired) electrons. The zero-order valence-corrected chi connectivity index (χ0v) is 29.0. The number of halogens is 1. The number of amides is 5. The summed E-state index contributed by atoms with van der Waals surface area (Å²) in [5.74, 6) is -2.55. The first-order valence-electron chi connectivity index (χ1n) is 16.7. The number of alkyl carbamates (subject to hydrolysis) is 1. The monoisotopic (exact) mass is 689 g/mol. The lowest BCUT2D eigenvalue weighted by molar-refractivity contribution is -0.140. The van der Waals surface area contributed by atoms with Crippen molar-refractivity contribution in [3.63, 3.8) is 0 Å². The van der Waals surface area contributed by atoms with Crippen molar-refractivity contribution >= 4 is 40.5 Å². The lowest BCUT2D eigenvalue weighted by Gasteiger charge is -2.28. The zero-order chi connectivity index (χ0) is 36.2. The van der Waals surface area contributed by atoms with Crippen molar-refractivity contribution in [3.05, 3.63) is 77.6 Å². The van der Waals surface area contributed by atoms with E-state index < -0.39 is 53.4 Å². The van der Waals surface area contributed by atoms with Crippen LogP contribution in [-0.4, -0.2) is 102 Å². The molecule has 1 fully saturated rings. The maximum Gasteiger partial charge on any atom is 0.407 e. The lowest BCUT2D eigenvalue weighted by Crippen LogP contribution is -2.48. The van der Waals surface area contributed by atoms with Crippen molar-refractivity contribution in [2.45, 2.75) is 70.3 Å². The Labute approximate surface area is 290 Å². The Morgan fingerprint density at radius 1 is 0.980 bits per heavy atom. The number of nitrogens with one attached hydrogen (secondary N) is 2. The Hall–Kier alpha value is -5.20. The second kappa shape index (κ2) is 15.1. The molecule has 0 unspecified atom stereocenters. The summed E-state index contributed by atoms with van der Waals surface area (Å²) in [6, 6.07) is 15.1. The van der Waals surface area contributed by atoms with E-state index in [1.54, 1.807) is 20.8 Å². The highest BCUT2D eigenvalue weighted by Gasteiger charge is 2.38. The van der Waals surface area contributed by atoms with Crippen molar-refractivity contribution in [1.82, 2.24) is 25.3 Å². The summed E-state index contributed by atoms with van der Waals surface area (Å²) in [4.78, 5) is 71.0. The molecule has 2 aliphatic heterocycles. The molecule has 50 heavy (non-hydrogen) atoms. The van der Waals surface area contributed by atoms with Gasteiger partial charge in [-0.2, -0.15) is 0 Å². The molecule has 5 amide bonds. The molecule has 12 nitrogen and oxygen atoms in total. The summed E-state index contributed by atoms with van der Waals surface area (Å²) in [5.41, 5.74) is 0.0181. The first kappa shape index (κ1) is 36.1. The number of hydrogen-bond donors (Lipinski definition) is 2. The number of carbonyl (C=O) groups is 5. The summed E-state index contributed by atoms with van der Waals surface area (Å²) < 4.78 is 26.1. The number of rotatable bonds is 4. The summed E-state index contributed by atoms with van der Waals surface area (Å²) in [5, 5.41) is 7.76. The van der Waals surface area contributed by atoms with E-state index in [2.05, 4.69) is 10.6 Å². The standard InChI is InChI=1S/C37H44FN5O7/c1-37(2,3)50-36(48)40-27-18-28-22-49-31-14-12-26(38)17-29(31)35(47)42(5)30(13-15-32(44)41(4)21-33(45)43(28)20-27)34(46)39-19-23-10-11-24-8-6-7-9-25(24)16-23/h6-12,14,16-17,27-28,30H,13,15,18-22H2,1-5H3,(H,39,46)(H,40,48)/t27-,28+,30-/m1/s1. The van der Waals surface area contributed by atoms with Crippen LogP contribution < -0.4 is 15.4 Å². The van der Waals surface area contributed by atoms with Crippen LogP contribution in [0.25, 0.3) is 10.8 Å². The predicted molar refractivity (Wildman–Crippen MR) is 184 cm³/mol. The smallest absolute Gasteiger partial charge is 0.407 e. The van der Waals surface area contributed by atoms with Gasteiger partial charge in [0.25, 0.3) is 5.91 Å². The zero-order valence-electron chi connectivity index (χ0n) is 29.0. The maximum absolute atomic E-state index is 14.6. The van der Waals surface area contributed by atoms with Gasteiger partial charge in [-0.1, -0.05) is 36.4 Å². The summed E-state index contributed by atoms with van der Waals surface area (Å²) in [7, 11) is 2.93. The van der Waals surface area contributed by atoms with E-state index in [1.165, 1.54) is 34.9 Å². The van der Waals surface area contributed by atoms with Crippen LogP contribution in [0.3, 0.4) is 0 Å². The third-order valence-corrected chi connectivity index (χ3v) is 8.86.